The molecule has 4 nitrogen and oxygen atoms in total. The summed E-state index contributed by atoms with van der Waals surface area (Å²) in [5.41, 5.74) is 1.59. The first kappa shape index (κ1) is 20.4. The number of hydrogen-bond donors (Lipinski definition) is 1. The lowest BCUT2D eigenvalue weighted by Crippen LogP contribution is -2.24. The molecule has 0 spiro atoms. The molecule has 1 N–H and O–H groups in total. The Bertz CT molecular complexity index is 1080. The third-order valence-corrected chi connectivity index (χ3v) is 4.45. The van der Waals surface area contributed by atoms with Crippen LogP contribution < -0.4 is 0 Å². The summed E-state index contributed by atoms with van der Waals surface area (Å²) in [6.45, 7) is 3.25. The maximum atomic E-state index is 12.8. The van der Waals surface area contributed by atoms with Crippen LogP contribution >= 0.6 is 0 Å². The Labute approximate surface area is 165 Å². The predicted molar refractivity (Wildman–Crippen MR) is 103 cm³/mol. The second-order valence-electron chi connectivity index (χ2n) is 6.57. The molecule has 2 aromatic carbocycles. The van der Waals surface area contributed by atoms with Gasteiger partial charge in [-0.05, 0) is 43.7 Å². The molecule has 0 aliphatic heterocycles. The molecule has 1 heterocycles. The Balaban J connectivity index is 1.67. The van der Waals surface area contributed by atoms with Crippen molar-refractivity contribution in [3.63, 3.8) is 0 Å². The topological polar surface area (TPSA) is 59.2 Å². The molecule has 0 saturated heterocycles. The summed E-state index contributed by atoms with van der Waals surface area (Å²) in [4.78, 5) is 27.9. The normalized spacial score (nSPS) is 13.0. The molecule has 0 bridgehead atoms. The first-order chi connectivity index (χ1) is 13.7. The van der Waals surface area contributed by atoms with Gasteiger partial charge in [0.05, 0.1) is 5.56 Å². The first-order valence-electron chi connectivity index (χ1n) is 8.84. The number of esters is 1. The zero-order valence-electron chi connectivity index (χ0n) is 15.7. The van der Waals surface area contributed by atoms with Crippen LogP contribution in [0, 0.1) is 6.92 Å². The Kier molecular flexibility index (Phi) is 5.59. The number of ketones is 1. The van der Waals surface area contributed by atoms with Gasteiger partial charge in [0.1, 0.15) is 0 Å². The highest BCUT2D eigenvalue weighted by molar-refractivity contribution is 6.11. The summed E-state index contributed by atoms with van der Waals surface area (Å²) >= 11 is 0. The molecule has 0 aliphatic carbocycles. The molecule has 1 aromatic heterocycles. The quantitative estimate of drug-likeness (QED) is 0.357. The maximum Gasteiger partial charge on any atom is 0.416 e. The van der Waals surface area contributed by atoms with E-state index in [1.54, 1.807) is 6.92 Å². The molecule has 3 rings (SSSR count). The van der Waals surface area contributed by atoms with Crippen LogP contribution in [0.1, 0.15) is 34.1 Å². The molecule has 0 radical (unpaired) electrons. The number of ether oxygens (including phenoxy) is 1. The number of rotatable bonds is 5. The number of halogens is 3. The SMILES string of the molecule is Cc1[nH]c2ccccc2c1C(=O)[C@H](C)OC(=O)/C=C/c1ccc(C(F)(F)F)cc1. The zero-order valence-corrected chi connectivity index (χ0v) is 15.7. The maximum absolute atomic E-state index is 12.8. The van der Waals surface area contributed by atoms with E-state index >= 15 is 0 Å². The van der Waals surface area contributed by atoms with E-state index in [2.05, 4.69) is 4.98 Å². The number of nitrogens with one attached hydrogen (secondary N) is 1. The molecule has 7 heteroatoms. The summed E-state index contributed by atoms with van der Waals surface area (Å²) in [7, 11) is 0. The van der Waals surface area contributed by atoms with Crippen LogP contribution in [0.4, 0.5) is 13.2 Å². The van der Waals surface area contributed by atoms with Gasteiger partial charge in [0.25, 0.3) is 0 Å². The van der Waals surface area contributed by atoms with Crippen molar-refractivity contribution in [1.29, 1.82) is 0 Å². The van der Waals surface area contributed by atoms with Crippen molar-refractivity contribution in [2.75, 3.05) is 0 Å². The van der Waals surface area contributed by atoms with Crippen LogP contribution in [0.2, 0.25) is 0 Å². The fourth-order valence-electron chi connectivity index (χ4n) is 3.01. The number of Topliss-reactive ketones (excluding diaryl/α,β-unsaturated/α-hetero) is 1. The first-order valence-corrected chi connectivity index (χ1v) is 8.84. The number of para-hydroxylation sites is 1. The van der Waals surface area contributed by atoms with Crippen molar-refractivity contribution in [2.45, 2.75) is 26.1 Å². The van der Waals surface area contributed by atoms with E-state index in [0.29, 0.717) is 16.8 Å². The number of aromatic nitrogens is 1. The van der Waals surface area contributed by atoms with Gasteiger partial charge in [0, 0.05) is 28.2 Å². The Morgan fingerprint density at radius 2 is 1.72 bits per heavy atom. The molecule has 0 saturated carbocycles. The van der Waals surface area contributed by atoms with E-state index < -0.39 is 23.8 Å². The van der Waals surface area contributed by atoms with Gasteiger partial charge in [-0.15, -0.1) is 0 Å². The van der Waals surface area contributed by atoms with Gasteiger partial charge < -0.3 is 9.72 Å². The molecule has 1 atom stereocenters. The number of carbonyl (C=O) groups is 2. The molecular weight excluding hydrogens is 383 g/mol. The Morgan fingerprint density at radius 3 is 2.38 bits per heavy atom. The van der Waals surface area contributed by atoms with Crippen LogP contribution in [-0.4, -0.2) is 22.8 Å². The summed E-state index contributed by atoms with van der Waals surface area (Å²) in [6.07, 6.45) is -3.03. The number of hydrogen-bond acceptors (Lipinski definition) is 3. The predicted octanol–water partition coefficient (Wildman–Crippen LogP) is 5.32. The number of alkyl halides is 3. The second kappa shape index (κ2) is 7.95. The highest BCUT2D eigenvalue weighted by atomic mass is 19.4. The summed E-state index contributed by atoms with van der Waals surface area (Å²) in [6, 6.07) is 11.7. The number of aromatic amines is 1. The molecule has 0 aliphatic rings. The molecule has 0 fully saturated rings. The number of benzene rings is 2. The lowest BCUT2D eigenvalue weighted by Gasteiger charge is -2.11. The van der Waals surface area contributed by atoms with E-state index in [0.717, 1.165) is 29.1 Å². The number of aryl methyl sites for hydroxylation is 1. The van der Waals surface area contributed by atoms with E-state index in [1.807, 2.05) is 24.3 Å². The molecule has 0 unspecified atom stereocenters. The van der Waals surface area contributed by atoms with Crippen LogP contribution in [0.3, 0.4) is 0 Å². The minimum absolute atomic E-state index is 0.337. The fraction of sp³-hybridized carbons (Fsp3) is 0.182. The Hall–Kier alpha value is -3.35. The summed E-state index contributed by atoms with van der Waals surface area (Å²) in [5.74, 6) is -1.10. The van der Waals surface area contributed by atoms with Crippen LogP contribution in [0.15, 0.2) is 54.6 Å². The standard InChI is InChI=1S/C22H18F3NO3/c1-13-20(17-5-3-4-6-18(17)26-13)21(28)14(2)29-19(27)12-9-15-7-10-16(11-8-15)22(23,24)25/h3-12,14,26H,1-2H3/b12-9+/t14-/m0/s1. The van der Waals surface area contributed by atoms with Gasteiger partial charge in [0.2, 0.25) is 5.78 Å². The van der Waals surface area contributed by atoms with Crippen molar-refractivity contribution >= 4 is 28.7 Å². The van der Waals surface area contributed by atoms with E-state index in [4.69, 9.17) is 4.74 Å². The van der Waals surface area contributed by atoms with Crippen molar-refractivity contribution in [3.05, 3.63) is 77.0 Å². The van der Waals surface area contributed by atoms with Gasteiger partial charge in [-0.3, -0.25) is 4.79 Å². The summed E-state index contributed by atoms with van der Waals surface area (Å²) in [5, 5.41) is 0.748. The van der Waals surface area contributed by atoms with E-state index in [9.17, 15) is 22.8 Å². The van der Waals surface area contributed by atoms with Gasteiger partial charge >= 0.3 is 12.1 Å². The third-order valence-electron chi connectivity index (χ3n) is 4.45. The highest BCUT2D eigenvalue weighted by Crippen LogP contribution is 2.29. The lowest BCUT2D eigenvalue weighted by atomic mass is 10.0. The summed E-state index contributed by atoms with van der Waals surface area (Å²) < 4.78 is 42.9. The molecule has 0 amide bonds. The smallest absolute Gasteiger partial charge is 0.416 e. The Morgan fingerprint density at radius 1 is 1.07 bits per heavy atom. The number of carbonyl (C=O) groups excluding carboxylic acids is 2. The largest absolute Gasteiger partial charge is 0.451 e. The van der Waals surface area contributed by atoms with Crippen LogP contribution in [0.25, 0.3) is 17.0 Å². The minimum Gasteiger partial charge on any atom is -0.451 e. The average Bonchev–Trinajstić information content (AvgIpc) is 3.01. The molecule has 29 heavy (non-hydrogen) atoms. The van der Waals surface area contributed by atoms with E-state index in [1.165, 1.54) is 25.1 Å². The molecule has 3 aromatic rings. The highest BCUT2D eigenvalue weighted by Gasteiger charge is 2.29. The van der Waals surface area contributed by atoms with Gasteiger partial charge in [-0.25, -0.2) is 4.79 Å². The average molecular weight is 401 g/mol. The molecule has 150 valence electrons. The molecular formula is C22H18F3NO3. The lowest BCUT2D eigenvalue weighted by molar-refractivity contribution is -0.140. The van der Waals surface area contributed by atoms with Crippen molar-refractivity contribution in [1.82, 2.24) is 4.98 Å². The fourth-order valence-corrected chi connectivity index (χ4v) is 3.01. The van der Waals surface area contributed by atoms with E-state index in [-0.39, 0.29) is 5.78 Å². The van der Waals surface area contributed by atoms with Crippen LogP contribution in [0.5, 0.6) is 0 Å². The van der Waals surface area contributed by atoms with Crippen molar-refractivity contribution in [3.8, 4) is 0 Å². The zero-order chi connectivity index (χ0) is 21.2. The number of H-pyrrole nitrogens is 1. The number of fused-ring (bicyclic) bond motifs is 1. The second-order valence-corrected chi connectivity index (χ2v) is 6.57. The minimum atomic E-state index is -4.42. The third kappa shape index (κ3) is 4.56. The monoisotopic (exact) mass is 401 g/mol. The van der Waals surface area contributed by atoms with Crippen molar-refractivity contribution < 1.29 is 27.5 Å². The van der Waals surface area contributed by atoms with Gasteiger partial charge in [-0.2, -0.15) is 13.2 Å². The van der Waals surface area contributed by atoms with Gasteiger partial charge in [-0.1, -0.05) is 30.3 Å². The van der Waals surface area contributed by atoms with Crippen LogP contribution in [-0.2, 0) is 15.7 Å². The van der Waals surface area contributed by atoms with Crippen molar-refractivity contribution in [2.24, 2.45) is 0 Å². The van der Waals surface area contributed by atoms with Gasteiger partial charge in [0.15, 0.2) is 6.10 Å².